The molecular weight excluding hydrogens is 302 g/mol. The molecule has 1 fully saturated rings. The van der Waals surface area contributed by atoms with Gasteiger partial charge in [0.2, 0.25) is 0 Å². The van der Waals surface area contributed by atoms with Crippen LogP contribution < -0.4 is 0 Å². The third kappa shape index (κ3) is 3.93. The molecule has 0 bridgehead atoms. The van der Waals surface area contributed by atoms with E-state index in [0.29, 0.717) is 4.88 Å². The van der Waals surface area contributed by atoms with Gasteiger partial charge in [-0.2, -0.15) is 0 Å². The van der Waals surface area contributed by atoms with E-state index in [1.54, 1.807) is 38.3 Å². The zero-order valence-corrected chi connectivity index (χ0v) is 13.0. The van der Waals surface area contributed by atoms with Crippen molar-refractivity contribution < 1.29 is 22.5 Å². The lowest BCUT2D eigenvalue weighted by atomic mass is 9.67. The maximum atomic E-state index is 13.3. The van der Waals surface area contributed by atoms with E-state index in [2.05, 4.69) is 0 Å². The fraction of sp³-hybridized carbons (Fsp3) is 0.615. The average molecular weight is 320 g/mol. The lowest BCUT2D eigenvalue weighted by Gasteiger charge is -2.27. The molecule has 0 saturated carbocycles. The van der Waals surface area contributed by atoms with Gasteiger partial charge in [-0.3, -0.25) is 0 Å². The van der Waals surface area contributed by atoms with E-state index in [9.17, 15) is 17.7 Å². The molecule has 1 aliphatic rings. The minimum absolute atomic E-state index is 0.0569. The predicted octanol–water partition coefficient (Wildman–Crippen LogP) is 4.30. The van der Waals surface area contributed by atoms with Gasteiger partial charge in [-0.1, -0.05) is 6.07 Å². The Hall–Kier alpha value is -1.18. The highest BCUT2D eigenvalue weighted by Gasteiger charge is 2.48. The van der Waals surface area contributed by atoms with Gasteiger partial charge in [0.25, 0.3) is 0 Å². The zero-order valence-electron chi connectivity index (χ0n) is 12.2. The molecule has 118 valence electrons. The number of halogens is 3. The van der Waals surface area contributed by atoms with Crippen LogP contribution in [0.15, 0.2) is 17.5 Å². The molecule has 0 spiro atoms. The molecule has 0 aliphatic carbocycles. The molecule has 1 aliphatic heterocycles. The highest BCUT2D eigenvalue weighted by atomic mass is 32.1. The van der Waals surface area contributed by atoms with E-state index in [1.807, 2.05) is 0 Å². The molecule has 3 nitrogen and oxygen atoms in total. The van der Waals surface area contributed by atoms with Crippen LogP contribution in [0.1, 0.15) is 31.6 Å². The van der Waals surface area contributed by atoms with E-state index >= 15 is 0 Å². The van der Waals surface area contributed by atoms with Crippen LogP contribution in [0, 0.1) is 0 Å². The number of carbonyl (C=O) groups excluding carboxylic acids is 1. The van der Waals surface area contributed by atoms with Crippen molar-refractivity contribution >= 4 is 24.4 Å². The Kier molecular flexibility index (Phi) is 4.28. The highest BCUT2D eigenvalue weighted by Crippen LogP contribution is 2.46. The molecular formula is C13H18BF3NO2S-. The Morgan fingerprint density at radius 3 is 2.52 bits per heavy atom. The van der Waals surface area contributed by atoms with E-state index in [0.717, 1.165) is 0 Å². The van der Waals surface area contributed by atoms with Gasteiger partial charge in [0.15, 0.2) is 0 Å². The van der Waals surface area contributed by atoms with Crippen molar-refractivity contribution in [2.75, 3.05) is 13.1 Å². The number of nitrogens with zero attached hydrogens (tertiary/aromatic N) is 1. The molecule has 8 heteroatoms. The molecule has 1 aromatic heterocycles. The van der Waals surface area contributed by atoms with Crippen molar-refractivity contribution in [3.8, 4) is 0 Å². The standard InChI is InChI=1S/C13H18BF3NO2S/c1-13(2,3)20-12(19)18-7-9(11-5-4-6-21-11)10(8-18)14(15,16)17/h4-6,9-10H,7-8H2,1-3H3/q-1. The van der Waals surface area contributed by atoms with E-state index in [-0.39, 0.29) is 13.1 Å². The maximum absolute atomic E-state index is 13.3. The Morgan fingerprint density at radius 2 is 2.05 bits per heavy atom. The molecule has 1 amide bonds. The van der Waals surface area contributed by atoms with Crippen molar-refractivity contribution in [3.63, 3.8) is 0 Å². The average Bonchev–Trinajstić information content (AvgIpc) is 2.94. The molecule has 0 radical (unpaired) electrons. The second kappa shape index (κ2) is 5.55. The van der Waals surface area contributed by atoms with Crippen molar-refractivity contribution in [2.24, 2.45) is 0 Å². The zero-order chi connectivity index (χ0) is 15.8. The van der Waals surface area contributed by atoms with Crippen LogP contribution in [0.3, 0.4) is 0 Å². The lowest BCUT2D eigenvalue weighted by Crippen LogP contribution is -2.36. The summed E-state index contributed by atoms with van der Waals surface area (Å²) >= 11 is 1.30. The van der Waals surface area contributed by atoms with Gasteiger partial charge in [-0.15, -0.1) is 11.3 Å². The van der Waals surface area contributed by atoms with Gasteiger partial charge >= 0.3 is 13.1 Å². The Bertz CT molecular complexity index is 499. The van der Waals surface area contributed by atoms with E-state index in [4.69, 9.17) is 4.74 Å². The van der Waals surface area contributed by atoms with Crippen LogP contribution in [0.5, 0.6) is 0 Å². The largest absolute Gasteiger partial charge is 0.483 e. The SMILES string of the molecule is CC(C)(C)OC(=O)N1CC(c2cccs2)C([B-](F)(F)F)C1. The van der Waals surface area contributed by atoms with Gasteiger partial charge in [0, 0.05) is 18.0 Å². The second-order valence-corrected chi connectivity index (χ2v) is 7.28. The predicted molar refractivity (Wildman–Crippen MR) is 77.7 cm³/mol. The summed E-state index contributed by atoms with van der Waals surface area (Å²) in [5.41, 5.74) is -0.711. The molecule has 0 aromatic carbocycles. The summed E-state index contributed by atoms with van der Waals surface area (Å²) in [7, 11) is 0. The van der Waals surface area contributed by atoms with Gasteiger partial charge in [-0.05, 0) is 44.0 Å². The molecule has 1 aromatic rings. The Morgan fingerprint density at radius 1 is 1.38 bits per heavy atom. The number of thiophene rings is 1. The first-order chi connectivity index (χ1) is 9.58. The van der Waals surface area contributed by atoms with Gasteiger partial charge < -0.3 is 22.6 Å². The van der Waals surface area contributed by atoms with Crippen LogP contribution in [0.25, 0.3) is 0 Å². The first kappa shape index (κ1) is 16.2. The summed E-state index contributed by atoms with van der Waals surface area (Å²) in [5, 5.41) is 1.76. The second-order valence-electron chi connectivity index (χ2n) is 6.30. The summed E-state index contributed by atoms with van der Waals surface area (Å²) in [6.45, 7) is -0.175. The van der Waals surface area contributed by atoms with Crippen molar-refractivity contribution in [2.45, 2.75) is 38.1 Å². The monoisotopic (exact) mass is 320 g/mol. The number of ether oxygens (including phenoxy) is 1. The molecule has 1 saturated heterocycles. The van der Waals surface area contributed by atoms with E-state index in [1.165, 1.54) is 16.2 Å². The molecule has 2 heterocycles. The van der Waals surface area contributed by atoms with Crippen molar-refractivity contribution in [1.29, 1.82) is 0 Å². The number of rotatable bonds is 2. The van der Waals surface area contributed by atoms with Crippen LogP contribution in [0.4, 0.5) is 17.7 Å². The Balaban J connectivity index is 2.17. The smallest absolute Gasteiger partial charge is 0.449 e. The maximum Gasteiger partial charge on any atom is 0.483 e. The lowest BCUT2D eigenvalue weighted by molar-refractivity contribution is 0.0292. The summed E-state index contributed by atoms with van der Waals surface area (Å²) in [6.07, 6.45) is -0.674. The highest BCUT2D eigenvalue weighted by molar-refractivity contribution is 7.10. The van der Waals surface area contributed by atoms with Gasteiger partial charge in [-0.25, -0.2) is 4.79 Å². The molecule has 0 N–H and O–H groups in total. The van der Waals surface area contributed by atoms with Crippen molar-refractivity contribution in [3.05, 3.63) is 22.4 Å². The Labute approximate surface area is 126 Å². The van der Waals surface area contributed by atoms with Crippen molar-refractivity contribution in [1.82, 2.24) is 4.90 Å². The van der Waals surface area contributed by atoms with Crippen LogP contribution >= 0.6 is 11.3 Å². The first-order valence-electron chi connectivity index (χ1n) is 6.79. The van der Waals surface area contributed by atoms with Crippen LogP contribution in [-0.4, -0.2) is 36.7 Å². The van der Waals surface area contributed by atoms with Crippen LogP contribution in [-0.2, 0) is 4.74 Å². The third-order valence-corrected chi connectivity index (χ3v) is 4.42. The first-order valence-corrected chi connectivity index (χ1v) is 7.67. The summed E-state index contributed by atoms with van der Waals surface area (Å²) in [5.74, 6) is -2.16. The van der Waals surface area contributed by atoms with Gasteiger partial charge in [0.1, 0.15) is 5.60 Å². The molecule has 21 heavy (non-hydrogen) atoms. The molecule has 2 rings (SSSR count). The normalized spacial score (nSPS) is 23.4. The van der Waals surface area contributed by atoms with Crippen LogP contribution in [0.2, 0.25) is 5.82 Å². The summed E-state index contributed by atoms with van der Waals surface area (Å²) in [4.78, 5) is 13.8. The molecule has 2 unspecified atom stereocenters. The topological polar surface area (TPSA) is 29.5 Å². The summed E-state index contributed by atoms with van der Waals surface area (Å²) < 4.78 is 45.0. The number of likely N-dealkylation sites (tertiary alicyclic amines) is 1. The minimum atomic E-state index is -5.00. The fourth-order valence-electron chi connectivity index (χ4n) is 2.49. The van der Waals surface area contributed by atoms with E-state index < -0.39 is 30.4 Å². The summed E-state index contributed by atoms with van der Waals surface area (Å²) in [6, 6.07) is 3.43. The number of hydrogen-bond donors (Lipinski definition) is 0. The third-order valence-electron chi connectivity index (χ3n) is 3.41. The quantitative estimate of drug-likeness (QED) is 0.760. The fourth-order valence-corrected chi connectivity index (χ4v) is 3.39. The number of amides is 1. The van der Waals surface area contributed by atoms with Gasteiger partial charge in [0.05, 0.1) is 0 Å². The number of carbonyl (C=O) groups is 1. The minimum Gasteiger partial charge on any atom is -0.449 e. The molecule has 2 atom stereocenters. The number of hydrogen-bond acceptors (Lipinski definition) is 3.